The van der Waals surface area contributed by atoms with Crippen LogP contribution in [0, 0.1) is 0 Å². The third kappa shape index (κ3) is 2.56. The molecule has 1 spiro atoms. The average Bonchev–Trinajstić information content (AvgIpc) is 3.41. The fourth-order valence-electron chi connectivity index (χ4n) is 3.99. The molecule has 1 amide bonds. The normalized spacial score (nSPS) is 20.6. The summed E-state index contributed by atoms with van der Waals surface area (Å²) in [7, 11) is 1.66. The Balaban J connectivity index is 1.67. The molecule has 1 atom stereocenters. The minimum atomic E-state index is -0.492. The Morgan fingerprint density at radius 1 is 1.39 bits per heavy atom. The van der Waals surface area contributed by atoms with Crippen LogP contribution in [0.15, 0.2) is 24.5 Å². The Labute approximate surface area is 161 Å². The molecule has 1 fully saturated rings. The molecule has 0 bridgehead atoms. The number of methoxy groups -OCH3 is 1. The molecule has 3 aromatic heterocycles. The lowest BCUT2D eigenvalue weighted by molar-refractivity contribution is -0.114. The van der Waals surface area contributed by atoms with E-state index in [1.165, 1.54) is 6.92 Å². The first-order chi connectivity index (χ1) is 13.6. The zero-order valence-electron chi connectivity index (χ0n) is 15.7. The van der Waals surface area contributed by atoms with Crippen LogP contribution in [0.2, 0.25) is 0 Å². The number of rotatable bonds is 3. The third-order valence-electron chi connectivity index (χ3n) is 5.36. The minimum Gasteiger partial charge on any atom is -0.496 e. The summed E-state index contributed by atoms with van der Waals surface area (Å²) in [5, 5.41) is 3.64. The summed E-state index contributed by atoms with van der Waals surface area (Å²) >= 11 is 0. The van der Waals surface area contributed by atoms with Crippen molar-refractivity contribution in [2.24, 2.45) is 0 Å². The van der Waals surface area contributed by atoms with E-state index in [2.05, 4.69) is 15.3 Å². The number of hydrogen-bond donors (Lipinski definition) is 2. The van der Waals surface area contributed by atoms with Crippen molar-refractivity contribution in [3.8, 4) is 17.0 Å². The Morgan fingerprint density at radius 3 is 3.04 bits per heavy atom. The van der Waals surface area contributed by atoms with Gasteiger partial charge in [0.25, 0.3) is 0 Å². The Hall–Kier alpha value is -2.97. The molecule has 5 rings (SSSR count). The zero-order chi connectivity index (χ0) is 19.3. The van der Waals surface area contributed by atoms with Gasteiger partial charge in [0.2, 0.25) is 5.91 Å². The van der Waals surface area contributed by atoms with Gasteiger partial charge in [0.1, 0.15) is 17.2 Å². The van der Waals surface area contributed by atoms with Gasteiger partial charge in [0.05, 0.1) is 43.4 Å². The lowest BCUT2D eigenvalue weighted by atomic mass is 9.95. The van der Waals surface area contributed by atoms with E-state index in [-0.39, 0.29) is 5.91 Å². The van der Waals surface area contributed by atoms with Gasteiger partial charge in [-0.2, -0.15) is 0 Å². The molecule has 28 heavy (non-hydrogen) atoms. The first-order valence-electron chi connectivity index (χ1n) is 9.15. The molecular formula is C20H20N4O4. The van der Waals surface area contributed by atoms with E-state index in [1.807, 2.05) is 18.3 Å². The lowest BCUT2D eigenvalue weighted by Crippen LogP contribution is -2.26. The second-order valence-corrected chi connectivity index (χ2v) is 7.12. The number of hydrogen-bond acceptors (Lipinski definition) is 6. The highest BCUT2D eigenvalue weighted by molar-refractivity contribution is 5.97. The van der Waals surface area contributed by atoms with Crippen LogP contribution in [-0.2, 0) is 26.5 Å². The number of anilines is 1. The molecular weight excluding hydrogens is 360 g/mol. The highest BCUT2D eigenvalue weighted by Gasteiger charge is 2.46. The fourth-order valence-corrected chi connectivity index (χ4v) is 3.99. The van der Waals surface area contributed by atoms with E-state index in [9.17, 15) is 4.79 Å². The summed E-state index contributed by atoms with van der Waals surface area (Å²) < 4.78 is 17.4. The maximum Gasteiger partial charge on any atom is 0.222 e. The number of H-pyrrole nitrogens is 1. The summed E-state index contributed by atoms with van der Waals surface area (Å²) in [6.07, 6.45) is 4.37. The number of nitrogens with one attached hydrogen (secondary N) is 2. The van der Waals surface area contributed by atoms with Crippen LogP contribution in [0.4, 0.5) is 5.82 Å². The average molecular weight is 380 g/mol. The van der Waals surface area contributed by atoms with Crippen molar-refractivity contribution < 1.29 is 19.0 Å². The number of amides is 1. The molecule has 144 valence electrons. The van der Waals surface area contributed by atoms with E-state index in [0.717, 1.165) is 45.6 Å². The van der Waals surface area contributed by atoms with Gasteiger partial charge >= 0.3 is 0 Å². The zero-order valence-corrected chi connectivity index (χ0v) is 15.7. The number of ether oxygens (including phenoxy) is 3. The second-order valence-electron chi connectivity index (χ2n) is 7.12. The van der Waals surface area contributed by atoms with Crippen LogP contribution in [0.25, 0.3) is 22.2 Å². The van der Waals surface area contributed by atoms with Gasteiger partial charge in [-0.25, -0.2) is 9.97 Å². The SMILES string of the molecule is COc1cc(-c2c[nH]c3cnc(NC(C)=O)cc23)nc2c1COC21CCOC1. The molecule has 1 unspecified atom stereocenters. The van der Waals surface area contributed by atoms with Gasteiger partial charge in [0, 0.05) is 48.7 Å². The van der Waals surface area contributed by atoms with Crippen molar-refractivity contribution in [3.63, 3.8) is 0 Å². The van der Waals surface area contributed by atoms with E-state index in [1.54, 1.807) is 13.3 Å². The van der Waals surface area contributed by atoms with Crippen LogP contribution in [0.5, 0.6) is 5.75 Å². The smallest absolute Gasteiger partial charge is 0.222 e. The first kappa shape index (κ1) is 17.2. The number of fused-ring (bicyclic) bond motifs is 3. The number of pyridine rings is 2. The van der Waals surface area contributed by atoms with E-state index >= 15 is 0 Å². The Morgan fingerprint density at radius 2 is 2.29 bits per heavy atom. The molecule has 2 N–H and O–H groups in total. The molecule has 2 aliphatic heterocycles. The van der Waals surface area contributed by atoms with Gasteiger partial charge in [-0.05, 0) is 6.07 Å². The highest BCUT2D eigenvalue weighted by Crippen LogP contribution is 2.46. The second kappa shape index (κ2) is 6.29. The fraction of sp³-hybridized carbons (Fsp3) is 0.350. The topological polar surface area (TPSA) is 98.4 Å². The molecule has 8 nitrogen and oxygen atoms in total. The number of aromatic nitrogens is 3. The quantitative estimate of drug-likeness (QED) is 0.725. The minimum absolute atomic E-state index is 0.165. The molecule has 2 aliphatic rings. The standard InChI is InChI=1S/C20H20N4O4/c1-11(25)23-18-5-12-13(7-21-16(12)8-22-18)15-6-17(26-2)14-9-28-20(19(14)24-15)3-4-27-10-20/h5-8,21H,3-4,9-10H2,1-2H3,(H,22,23,25). The Kier molecular flexibility index (Phi) is 3.85. The summed E-state index contributed by atoms with van der Waals surface area (Å²) in [6.45, 7) is 3.09. The van der Waals surface area contributed by atoms with Crippen LogP contribution in [-0.4, -0.2) is 41.2 Å². The van der Waals surface area contributed by atoms with Crippen LogP contribution >= 0.6 is 0 Å². The first-order valence-corrected chi connectivity index (χ1v) is 9.15. The molecule has 3 aromatic rings. The van der Waals surface area contributed by atoms with Gasteiger partial charge in [-0.1, -0.05) is 0 Å². The van der Waals surface area contributed by atoms with Crippen molar-refractivity contribution in [3.05, 3.63) is 35.8 Å². The highest BCUT2D eigenvalue weighted by atomic mass is 16.6. The lowest BCUT2D eigenvalue weighted by Gasteiger charge is -2.21. The summed E-state index contributed by atoms with van der Waals surface area (Å²) in [4.78, 5) is 23.8. The van der Waals surface area contributed by atoms with Gasteiger partial charge in [-0.15, -0.1) is 0 Å². The van der Waals surface area contributed by atoms with Crippen molar-refractivity contribution in [1.29, 1.82) is 0 Å². The van der Waals surface area contributed by atoms with Gasteiger partial charge in [0.15, 0.2) is 0 Å². The van der Waals surface area contributed by atoms with Crippen LogP contribution < -0.4 is 10.1 Å². The van der Waals surface area contributed by atoms with Gasteiger partial charge in [-0.3, -0.25) is 4.79 Å². The van der Waals surface area contributed by atoms with Crippen LogP contribution in [0.3, 0.4) is 0 Å². The predicted octanol–water partition coefficient (Wildman–Crippen LogP) is 2.74. The molecule has 0 radical (unpaired) electrons. The van der Waals surface area contributed by atoms with Crippen molar-refractivity contribution in [2.75, 3.05) is 25.6 Å². The number of nitrogens with zero attached hydrogens (tertiary/aromatic N) is 2. The molecule has 0 aliphatic carbocycles. The van der Waals surface area contributed by atoms with Crippen molar-refractivity contribution in [2.45, 2.75) is 25.6 Å². The maximum atomic E-state index is 11.4. The Bertz CT molecular complexity index is 1090. The molecule has 1 saturated heterocycles. The van der Waals surface area contributed by atoms with Gasteiger partial charge < -0.3 is 24.5 Å². The molecule has 0 saturated carbocycles. The van der Waals surface area contributed by atoms with Crippen molar-refractivity contribution in [1.82, 2.24) is 15.0 Å². The number of aromatic amines is 1. The third-order valence-corrected chi connectivity index (χ3v) is 5.36. The van der Waals surface area contributed by atoms with Crippen LogP contribution in [0.1, 0.15) is 24.6 Å². The van der Waals surface area contributed by atoms with E-state index in [0.29, 0.717) is 25.6 Å². The van der Waals surface area contributed by atoms with E-state index < -0.39 is 5.60 Å². The summed E-state index contributed by atoms with van der Waals surface area (Å²) in [5.74, 6) is 1.09. The largest absolute Gasteiger partial charge is 0.496 e. The molecule has 8 heteroatoms. The molecule has 0 aromatic carbocycles. The molecule has 5 heterocycles. The maximum absolute atomic E-state index is 11.4. The monoisotopic (exact) mass is 380 g/mol. The number of carbonyl (C=O) groups excluding carboxylic acids is 1. The summed E-state index contributed by atoms with van der Waals surface area (Å²) in [6, 6.07) is 3.77. The summed E-state index contributed by atoms with van der Waals surface area (Å²) in [5.41, 5.74) is 3.93. The van der Waals surface area contributed by atoms with E-state index in [4.69, 9.17) is 19.2 Å². The number of carbonyl (C=O) groups is 1. The predicted molar refractivity (Wildman–Crippen MR) is 102 cm³/mol. The van der Waals surface area contributed by atoms with Crippen molar-refractivity contribution >= 4 is 22.6 Å².